The largest absolute Gasteiger partial charge is 0.538 e. The van der Waals surface area contributed by atoms with Crippen molar-refractivity contribution in [3.63, 3.8) is 0 Å². The number of amides is 1. The molecule has 2 aromatic heterocycles. The number of nitrogens with one attached hydrogen (secondary N) is 1. The Bertz CT molecular complexity index is 1460. The van der Waals surface area contributed by atoms with Gasteiger partial charge in [-0.2, -0.15) is 5.26 Å². The van der Waals surface area contributed by atoms with Crippen molar-refractivity contribution in [2.75, 3.05) is 12.4 Å². The molecule has 4 aromatic rings. The van der Waals surface area contributed by atoms with Gasteiger partial charge in [0.25, 0.3) is 5.03 Å². The van der Waals surface area contributed by atoms with Gasteiger partial charge >= 0.3 is 0 Å². The molecule has 2 unspecified atom stereocenters. The molecule has 2 heterocycles. The number of carbonyl (C=O) groups excluding carboxylic acids is 1. The van der Waals surface area contributed by atoms with Crippen molar-refractivity contribution >= 4 is 34.0 Å². The van der Waals surface area contributed by atoms with Crippen LogP contribution in [0.5, 0.6) is 11.7 Å². The second kappa shape index (κ2) is 10.7. The molecule has 0 radical (unpaired) electrons. The fraction of sp³-hybridized carbons (Fsp3) is 0.259. The van der Waals surface area contributed by atoms with Gasteiger partial charge in [-0.3, -0.25) is 4.79 Å². The van der Waals surface area contributed by atoms with Gasteiger partial charge in [-0.15, -0.1) is 11.3 Å². The van der Waals surface area contributed by atoms with E-state index in [4.69, 9.17) is 9.26 Å². The first kappa shape index (κ1) is 24.9. The minimum absolute atomic E-state index is 0.185. The average molecular weight is 533 g/mol. The van der Waals surface area contributed by atoms with Crippen LogP contribution in [0.2, 0.25) is 0 Å². The van der Waals surface area contributed by atoms with Gasteiger partial charge in [-0.05, 0) is 71.8 Å². The highest BCUT2D eigenvalue weighted by Gasteiger charge is 2.30. The number of carbonyl (C=O) groups is 1. The number of hydrogen-bond donors (Lipinski definition) is 1. The molecule has 37 heavy (non-hydrogen) atoms. The summed E-state index contributed by atoms with van der Waals surface area (Å²) in [6.07, 6.45) is 2.62. The number of benzene rings is 2. The lowest BCUT2D eigenvalue weighted by Crippen LogP contribution is -2.36. The van der Waals surface area contributed by atoms with Crippen LogP contribution < -0.4 is 19.8 Å². The minimum Gasteiger partial charge on any atom is -0.538 e. The summed E-state index contributed by atoms with van der Waals surface area (Å²) in [5, 5.41) is 29.1. The summed E-state index contributed by atoms with van der Waals surface area (Å²) in [7, 11) is 1.57. The monoisotopic (exact) mass is 532 g/mol. The Morgan fingerprint density at radius 3 is 2.76 bits per heavy atom. The molecule has 5 rings (SSSR count). The smallest absolute Gasteiger partial charge is 0.298 e. The van der Waals surface area contributed by atoms with Gasteiger partial charge < -0.3 is 19.7 Å². The standard InChI is InChI=1S/C27H24N4O4S2/c1-16(36-26-27(33)35-30-31(26)19-9-11-20(34-2)12-10-19)24(32)29-25-22(15-28)21-13-8-18(14-23(21)37-25)17-6-4-3-5-7-17/h3-7,9-12,16,18H,8,13-14H2,1-2H3,(H-,29,30,32,33). The van der Waals surface area contributed by atoms with E-state index in [0.29, 0.717) is 27.9 Å². The highest BCUT2D eigenvalue weighted by atomic mass is 32.2. The first-order valence-electron chi connectivity index (χ1n) is 11.8. The van der Waals surface area contributed by atoms with Crippen molar-refractivity contribution in [1.82, 2.24) is 5.27 Å². The lowest BCUT2D eigenvalue weighted by atomic mass is 9.83. The van der Waals surface area contributed by atoms with Crippen LogP contribution in [0.15, 0.2) is 64.1 Å². The number of aromatic nitrogens is 2. The van der Waals surface area contributed by atoms with Crippen molar-refractivity contribution in [3.8, 4) is 23.5 Å². The molecule has 0 bridgehead atoms. The third-order valence-electron chi connectivity index (χ3n) is 6.43. The molecule has 0 saturated heterocycles. The Labute approximate surface area is 222 Å². The lowest BCUT2D eigenvalue weighted by Gasteiger charge is -2.22. The van der Waals surface area contributed by atoms with Gasteiger partial charge in [0.2, 0.25) is 11.6 Å². The summed E-state index contributed by atoms with van der Waals surface area (Å²) in [5.74, 6) is 0.131. The third-order valence-corrected chi connectivity index (χ3v) is 8.73. The van der Waals surface area contributed by atoms with Crippen molar-refractivity contribution < 1.29 is 23.8 Å². The summed E-state index contributed by atoms with van der Waals surface area (Å²) in [6.45, 7) is 1.70. The van der Waals surface area contributed by atoms with Crippen molar-refractivity contribution in [2.45, 2.75) is 42.4 Å². The molecule has 0 spiro atoms. The van der Waals surface area contributed by atoms with E-state index in [1.165, 1.54) is 21.6 Å². The molecule has 1 aliphatic rings. The number of thiophene rings is 1. The van der Waals surface area contributed by atoms with Crippen LogP contribution in [-0.2, 0) is 17.6 Å². The van der Waals surface area contributed by atoms with Gasteiger partial charge in [-0.1, -0.05) is 30.3 Å². The minimum atomic E-state index is -0.640. The first-order chi connectivity index (χ1) is 18.0. The number of ether oxygens (including phenoxy) is 1. The second-order valence-corrected chi connectivity index (χ2v) is 11.1. The van der Waals surface area contributed by atoms with E-state index in [-0.39, 0.29) is 10.9 Å². The van der Waals surface area contributed by atoms with Crippen LogP contribution in [0.25, 0.3) is 5.69 Å². The highest BCUT2D eigenvalue weighted by Crippen LogP contribution is 2.42. The number of thioether (sulfide) groups is 1. The van der Waals surface area contributed by atoms with Gasteiger partial charge in [0.1, 0.15) is 16.8 Å². The number of nitriles is 1. The quantitative estimate of drug-likeness (QED) is 0.278. The number of fused-ring (bicyclic) bond motifs is 1. The molecule has 0 fully saturated rings. The zero-order valence-corrected chi connectivity index (χ0v) is 21.9. The highest BCUT2D eigenvalue weighted by molar-refractivity contribution is 8.00. The van der Waals surface area contributed by atoms with Gasteiger partial charge in [0.15, 0.2) is 5.95 Å². The average Bonchev–Trinajstić information content (AvgIpc) is 3.47. The summed E-state index contributed by atoms with van der Waals surface area (Å²) in [6, 6.07) is 19.7. The molecule has 1 aliphatic carbocycles. The number of nitrogens with zero attached hydrogens (tertiary/aromatic N) is 3. The predicted octanol–water partition coefficient (Wildman–Crippen LogP) is 4.36. The van der Waals surface area contributed by atoms with E-state index < -0.39 is 11.2 Å². The summed E-state index contributed by atoms with van der Waals surface area (Å²) in [4.78, 5) is 14.3. The molecule has 1 N–H and O–H groups in total. The van der Waals surface area contributed by atoms with E-state index in [0.717, 1.165) is 41.5 Å². The zero-order valence-electron chi connectivity index (χ0n) is 20.3. The van der Waals surface area contributed by atoms with Crippen molar-refractivity contribution in [3.05, 3.63) is 76.2 Å². The van der Waals surface area contributed by atoms with E-state index in [1.54, 1.807) is 38.3 Å². The number of methoxy groups -OCH3 is 1. The van der Waals surface area contributed by atoms with Gasteiger partial charge in [0, 0.05) is 17.0 Å². The van der Waals surface area contributed by atoms with Crippen LogP contribution in [0.4, 0.5) is 5.00 Å². The van der Waals surface area contributed by atoms with Crippen molar-refractivity contribution in [2.24, 2.45) is 0 Å². The fourth-order valence-corrected chi connectivity index (χ4v) is 6.62. The SMILES string of the molecule is COc1ccc(-[n+]2noc([O-])c2SC(C)C(=O)Nc2sc3c(c2C#N)CCC(c2ccccc2)C3)cc1. The van der Waals surface area contributed by atoms with Gasteiger partial charge in [-0.25, -0.2) is 0 Å². The first-order valence-corrected chi connectivity index (χ1v) is 13.5. The third kappa shape index (κ3) is 5.05. The van der Waals surface area contributed by atoms with Gasteiger partial charge in [0.05, 0.1) is 23.2 Å². The molecule has 2 atom stereocenters. The Balaban J connectivity index is 1.32. The second-order valence-electron chi connectivity index (χ2n) is 8.69. The maximum Gasteiger partial charge on any atom is 0.298 e. The molecule has 188 valence electrons. The van der Waals surface area contributed by atoms with E-state index in [1.807, 2.05) is 18.2 Å². The molecule has 2 aromatic carbocycles. The van der Waals surface area contributed by atoms with E-state index in [9.17, 15) is 15.2 Å². The Hall–Kier alpha value is -3.81. The molecule has 1 amide bonds. The summed E-state index contributed by atoms with van der Waals surface area (Å²) >= 11 is 2.53. The Morgan fingerprint density at radius 1 is 1.30 bits per heavy atom. The van der Waals surface area contributed by atoms with Crippen LogP contribution in [0, 0.1) is 11.3 Å². The molecular formula is C27H24N4O4S2. The normalized spacial score (nSPS) is 15.4. The van der Waals surface area contributed by atoms with E-state index in [2.05, 4.69) is 28.8 Å². The zero-order chi connectivity index (χ0) is 25.9. The lowest BCUT2D eigenvalue weighted by molar-refractivity contribution is -0.705. The molecule has 8 nitrogen and oxygen atoms in total. The van der Waals surface area contributed by atoms with Crippen LogP contribution in [0.1, 0.15) is 40.8 Å². The molecular weight excluding hydrogens is 508 g/mol. The number of anilines is 1. The Kier molecular flexibility index (Phi) is 7.17. The van der Waals surface area contributed by atoms with Crippen molar-refractivity contribution in [1.29, 1.82) is 5.26 Å². The van der Waals surface area contributed by atoms with E-state index >= 15 is 0 Å². The Morgan fingerprint density at radius 2 is 2.05 bits per heavy atom. The maximum absolute atomic E-state index is 13.1. The van der Waals surface area contributed by atoms with Crippen LogP contribution in [0.3, 0.4) is 0 Å². The summed E-state index contributed by atoms with van der Waals surface area (Å²) < 4.78 is 11.4. The number of hydrogen-bond acceptors (Lipinski definition) is 8. The maximum atomic E-state index is 13.1. The predicted molar refractivity (Wildman–Crippen MR) is 138 cm³/mol. The number of rotatable bonds is 7. The topological polar surface area (TPSA) is 115 Å². The summed E-state index contributed by atoms with van der Waals surface area (Å²) in [5.41, 5.74) is 3.48. The molecule has 10 heteroatoms. The fourth-order valence-electron chi connectivity index (χ4n) is 4.46. The van der Waals surface area contributed by atoms with Crippen LogP contribution in [-0.4, -0.2) is 23.5 Å². The molecule has 0 aliphatic heterocycles. The van der Waals surface area contributed by atoms with Crippen LogP contribution >= 0.6 is 23.1 Å². The molecule has 0 saturated carbocycles.